The summed E-state index contributed by atoms with van der Waals surface area (Å²) in [5, 5.41) is 19.1. The van der Waals surface area contributed by atoms with E-state index in [9.17, 15) is 13.2 Å². The topological polar surface area (TPSA) is 122 Å². The Hall–Kier alpha value is -1.97. The second-order valence-electron chi connectivity index (χ2n) is 4.18. The van der Waals surface area contributed by atoms with Crippen LogP contribution in [0.15, 0.2) is 34.5 Å². The Morgan fingerprint density at radius 1 is 1.33 bits per heavy atom. The fourth-order valence-corrected chi connectivity index (χ4v) is 2.89. The molecule has 0 fully saturated rings. The summed E-state index contributed by atoms with van der Waals surface area (Å²) in [5.74, 6) is -1.04. The van der Waals surface area contributed by atoms with E-state index in [1.165, 1.54) is 28.8 Å². The van der Waals surface area contributed by atoms with Crippen molar-refractivity contribution in [1.82, 2.24) is 4.98 Å². The number of aromatic nitrogens is 1. The number of thiazole rings is 1. The van der Waals surface area contributed by atoms with Gasteiger partial charge in [-0.25, -0.2) is 23.3 Å². The molecule has 0 amide bonds. The van der Waals surface area contributed by atoms with E-state index in [1.54, 1.807) is 12.1 Å². The van der Waals surface area contributed by atoms with E-state index in [0.29, 0.717) is 13.0 Å². The zero-order chi connectivity index (χ0) is 15.5. The lowest BCUT2D eigenvalue weighted by atomic mass is 10.3. The van der Waals surface area contributed by atoms with E-state index in [1.807, 2.05) is 0 Å². The lowest BCUT2D eigenvalue weighted by Gasteiger charge is -2.05. The Bertz CT molecular complexity index is 738. The number of nitrogens with two attached hydrogens (primary N) is 1. The molecule has 0 atom stereocenters. The van der Waals surface area contributed by atoms with Gasteiger partial charge >= 0.3 is 5.97 Å². The predicted octanol–water partition coefficient (Wildman–Crippen LogP) is 1.14. The molecule has 0 bridgehead atoms. The monoisotopic (exact) mass is 327 g/mol. The number of hydrogen-bond donors (Lipinski definition) is 3. The number of nitrogens with one attached hydrogen (secondary N) is 1. The summed E-state index contributed by atoms with van der Waals surface area (Å²) in [7, 11) is -3.68. The highest BCUT2D eigenvalue weighted by Crippen LogP contribution is 2.14. The number of benzene rings is 1. The SMILES string of the molecule is NS(=O)(=O)c1ccc(NCCc2nc(C(=O)O)cs2)cc1. The van der Waals surface area contributed by atoms with Gasteiger partial charge in [0.2, 0.25) is 10.0 Å². The van der Waals surface area contributed by atoms with Gasteiger partial charge < -0.3 is 10.4 Å². The lowest BCUT2D eigenvalue weighted by Crippen LogP contribution is -2.12. The Balaban J connectivity index is 1.89. The number of anilines is 1. The quantitative estimate of drug-likeness (QED) is 0.731. The molecular formula is C12H13N3O4S2. The molecule has 1 heterocycles. The van der Waals surface area contributed by atoms with Gasteiger partial charge in [-0.05, 0) is 24.3 Å². The van der Waals surface area contributed by atoms with E-state index < -0.39 is 16.0 Å². The molecule has 2 aromatic rings. The first kappa shape index (κ1) is 15.4. The van der Waals surface area contributed by atoms with Gasteiger partial charge in [0.25, 0.3) is 0 Å². The molecule has 21 heavy (non-hydrogen) atoms. The van der Waals surface area contributed by atoms with Crippen molar-refractivity contribution in [1.29, 1.82) is 0 Å². The van der Waals surface area contributed by atoms with Crippen LogP contribution in [-0.4, -0.2) is 31.0 Å². The van der Waals surface area contributed by atoms with Crippen LogP contribution in [0.2, 0.25) is 0 Å². The normalized spacial score (nSPS) is 11.3. The van der Waals surface area contributed by atoms with E-state index >= 15 is 0 Å². The van der Waals surface area contributed by atoms with Crippen molar-refractivity contribution >= 4 is 33.0 Å². The van der Waals surface area contributed by atoms with Crippen molar-refractivity contribution in [3.63, 3.8) is 0 Å². The third kappa shape index (κ3) is 4.25. The average molecular weight is 327 g/mol. The molecular weight excluding hydrogens is 314 g/mol. The van der Waals surface area contributed by atoms with Crippen LogP contribution in [-0.2, 0) is 16.4 Å². The van der Waals surface area contributed by atoms with Crippen molar-refractivity contribution < 1.29 is 18.3 Å². The lowest BCUT2D eigenvalue weighted by molar-refractivity contribution is 0.0691. The highest BCUT2D eigenvalue weighted by Gasteiger charge is 2.09. The van der Waals surface area contributed by atoms with Gasteiger partial charge in [0.05, 0.1) is 9.90 Å². The number of carboxylic acids is 1. The van der Waals surface area contributed by atoms with Gasteiger partial charge in [-0.1, -0.05) is 0 Å². The molecule has 112 valence electrons. The number of sulfonamides is 1. The van der Waals surface area contributed by atoms with Crippen LogP contribution in [0, 0.1) is 0 Å². The van der Waals surface area contributed by atoms with Gasteiger partial charge in [-0.3, -0.25) is 0 Å². The highest BCUT2D eigenvalue weighted by atomic mass is 32.2. The van der Waals surface area contributed by atoms with Crippen LogP contribution < -0.4 is 10.5 Å². The first-order chi connectivity index (χ1) is 9.86. The fraction of sp³-hybridized carbons (Fsp3) is 0.167. The molecule has 1 aromatic heterocycles. The average Bonchev–Trinajstić information content (AvgIpc) is 2.87. The maximum Gasteiger partial charge on any atom is 0.355 e. The summed E-state index contributed by atoms with van der Waals surface area (Å²) in [6.45, 7) is 0.557. The van der Waals surface area contributed by atoms with E-state index in [-0.39, 0.29) is 10.6 Å². The van der Waals surface area contributed by atoms with Crippen LogP contribution >= 0.6 is 11.3 Å². The summed E-state index contributed by atoms with van der Waals surface area (Å²) in [4.78, 5) is 14.7. The molecule has 2 rings (SSSR count). The summed E-state index contributed by atoms with van der Waals surface area (Å²) in [6, 6.07) is 6.07. The summed E-state index contributed by atoms with van der Waals surface area (Å²) in [5.41, 5.74) is 0.796. The molecule has 0 saturated heterocycles. The van der Waals surface area contributed by atoms with E-state index in [2.05, 4.69) is 10.3 Å². The fourth-order valence-electron chi connectivity index (χ4n) is 1.60. The summed E-state index contributed by atoms with van der Waals surface area (Å²) >= 11 is 1.29. The molecule has 0 spiro atoms. The number of hydrogen-bond acceptors (Lipinski definition) is 6. The molecule has 0 aliphatic heterocycles. The van der Waals surface area contributed by atoms with Crippen LogP contribution in [0.3, 0.4) is 0 Å². The smallest absolute Gasteiger partial charge is 0.355 e. The van der Waals surface area contributed by atoms with Gasteiger partial charge in [0.15, 0.2) is 5.69 Å². The van der Waals surface area contributed by atoms with E-state index in [4.69, 9.17) is 10.2 Å². The Labute approximate surface area is 125 Å². The standard InChI is InChI=1S/C12H13N3O4S2/c13-21(18,19)9-3-1-8(2-4-9)14-6-5-11-15-10(7-20-11)12(16)17/h1-4,7,14H,5-6H2,(H,16,17)(H2,13,18,19). The number of carboxylic acid groups (broad SMARTS) is 1. The zero-order valence-corrected chi connectivity index (χ0v) is 12.4. The Morgan fingerprint density at radius 2 is 2.00 bits per heavy atom. The maximum absolute atomic E-state index is 11.1. The minimum absolute atomic E-state index is 0.0486. The molecule has 0 unspecified atom stereocenters. The van der Waals surface area contributed by atoms with Crippen molar-refractivity contribution in [2.45, 2.75) is 11.3 Å². The van der Waals surface area contributed by atoms with Gasteiger partial charge in [0, 0.05) is 24.0 Å². The highest BCUT2D eigenvalue weighted by molar-refractivity contribution is 7.89. The maximum atomic E-state index is 11.1. The number of primary sulfonamides is 1. The van der Waals surface area contributed by atoms with Gasteiger partial charge in [-0.2, -0.15) is 0 Å². The van der Waals surface area contributed by atoms with E-state index in [0.717, 1.165) is 10.7 Å². The second kappa shape index (κ2) is 6.20. The Morgan fingerprint density at radius 3 is 2.52 bits per heavy atom. The first-order valence-corrected chi connectivity index (χ1v) is 8.33. The van der Waals surface area contributed by atoms with Crippen LogP contribution in [0.5, 0.6) is 0 Å². The van der Waals surface area contributed by atoms with Gasteiger partial charge in [0.1, 0.15) is 0 Å². The third-order valence-electron chi connectivity index (χ3n) is 2.62. The first-order valence-electron chi connectivity index (χ1n) is 5.91. The third-order valence-corrected chi connectivity index (χ3v) is 4.46. The number of carbonyl (C=O) groups is 1. The minimum atomic E-state index is -3.68. The van der Waals surface area contributed by atoms with Crippen LogP contribution in [0.1, 0.15) is 15.5 Å². The minimum Gasteiger partial charge on any atom is -0.476 e. The molecule has 7 nitrogen and oxygen atoms in total. The largest absolute Gasteiger partial charge is 0.476 e. The summed E-state index contributed by atoms with van der Waals surface area (Å²) < 4.78 is 22.2. The molecule has 9 heteroatoms. The Kier molecular flexibility index (Phi) is 4.56. The molecule has 0 saturated carbocycles. The van der Waals surface area contributed by atoms with Crippen molar-refractivity contribution in [2.75, 3.05) is 11.9 Å². The van der Waals surface area contributed by atoms with Crippen LogP contribution in [0.4, 0.5) is 5.69 Å². The number of nitrogens with zero attached hydrogens (tertiary/aromatic N) is 1. The van der Waals surface area contributed by atoms with Crippen molar-refractivity contribution in [3.8, 4) is 0 Å². The number of rotatable bonds is 6. The van der Waals surface area contributed by atoms with Crippen molar-refractivity contribution in [2.24, 2.45) is 5.14 Å². The zero-order valence-electron chi connectivity index (χ0n) is 10.8. The number of aromatic carboxylic acids is 1. The van der Waals surface area contributed by atoms with Crippen LogP contribution in [0.25, 0.3) is 0 Å². The molecule has 0 radical (unpaired) electrons. The molecule has 1 aromatic carbocycles. The molecule has 0 aliphatic carbocycles. The predicted molar refractivity (Wildman–Crippen MR) is 79.1 cm³/mol. The van der Waals surface area contributed by atoms with Gasteiger partial charge in [-0.15, -0.1) is 11.3 Å². The molecule has 0 aliphatic rings. The second-order valence-corrected chi connectivity index (χ2v) is 6.68. The summed E-state index contributed by atoms with van der Waals surface area (Å²) in [6.07, 6.45) is 0.578. The molecule has 4 N–H and O–H groups in total. The van der Waals surface area contributed by atoms with Crippen molar-refractivity contribution in [3.05, 3.63) is 40.3 Å².